The number of hydrogen-bond donors (Lipinski definition) is 3. The number of nitrogens with two attached hydrogens (primary N) is 1. The van der Waals surface area contributed by atoms with E-state index < -0.39 is 12.0 Å². The topological polar surface area (TPSA) is 79.1 Å². The first-order valence-electron chi connectivity index (χ1n) is 4.72. The van der Waals surface area contributed by atoms with Gasteiger partial charge in [0.25, 0.3) is 0 Å². The quantitative estimate of drug-likeness (QED) is 0.782. The molecule has 1 atom stereocenters. The van der Waals surface area contributed by atoms with Crippen LogP contribution < -0.4 is 5.73 Å². The van der Waals surface area contributed by atoms with E-state index in [1.807, 2.05) is 30.5 Å². The van der Waals surface area contributed by atoms with Crippen LogP contribution in [0.5, 0.6) is 0 Å². The van der Waals surface area contributed by atoms with Gasteiger partial charge in [-0.2, -0.15) is 0 Å². The van der Waals surface area contributed by atoms with Crippen molar-refractivity contribution in [3.8, 4) is 0 Å². The zero-order valence-corrected chi connectivity index (χ0v) is 12.3. The van der Waals surface area contributed by atoms with Crippen LogP contribution in [0.25, 0.3) is 10.9 Å². The van der Waals surface area contributed by atoms with E-state index in [9.17, 15) is 4.79 Å². The van der Waals surface area contributed by atoms with Crippen LogP contribution >= 0.6 is 0 Å². The van der Waals surface area contributed by atoms with Gasteiger partial charge in [0.2, 0.25) is 0 Å². The van der Waals surface area contributed by atoms with Crippen molar-refractivity contribution in [2.24, 2.45) is 5.73 Å². The first-order chi connectivity index (χ1) is 7.18. The second-order valence-electron chi connectivity index (χ2n) is 3.51. The molecule has 0 bridgehead atoms. The summed E-state index contributed by atoms with van der Waals surface area (Å²) in [4.78, 5) is 13.7. The number of rotatable bonds is 3. The molecule has 4 N–H and O–H groups in total. The van der Waals surface area contributed by atoms with Crippen molar-refractivity contribution in [2.75, 3.05) is 0 Å². The van der Waals surface area contributed by atoms with Gasteiger partial charge in [0, 0.05) is 59.1 Å². The number of carbonyl (C=O) groups is 1. The monoisotopic (exact) mass is 343 g/mol. The maximum absolute atomic E-state index is 10.6. The van der Waals surface area contributed by atoms with Gasteiger partial charge in [0.15, 0.2) is 0 Å². The van der Waals surface area contributed by atoms with E-state index >= 15 is 0 Å². The smallest absolute Gasteiger partial charge is 0.320 e. The molecule has 81 valence electrons. The van der Waals surface area contributed by atoms with E-state index in [2.05, 4.69) is 4.98 Å². The second-order valence-corrected chi connectivity index (χ2v) is 3.51. The molecule has 1 aromatic heterocycles. The van der Waals surface area contributed by atoms with Crippen molar-refractivity contribution in [3.05, 3.63) is 36.0 Å². The number of nitrogens with one attached hydrogen (secondary N) is 1. The second kappa shape index (κ2) is 5.64. The van der Waals surface area contributed by atoms with Crippen molar-refractivity contribution in [1.29, 1.82) is 0 Å². The van der Waals surface area contributed by atoms with Gasteiger partial charge in [-0.15, -0.1) is 0 Å². The average molecular weight is 343 g/mol. The minimum absolute atomic E-state index is 0. The third-order valence-corrected chi connectivity index (χ3v) is 2.43. The fourth-order valence-electron chi connectivity index (χ4n) is 1.62. The largest absolute Gasteiger partial charge is 0.480 e. The maximum Gasteiger partial charge on any atom is 0.320 e. The summed E-state index contributed by atoms with van der Waals surface area (Å²) in [6.45, 7) is 0. The van der Waals surface area contributed by atoms with Crippen LogP contribution in [-0.2, 0) is 11.2 Å². The van der Waals surface area contributed by atoms with E-state index in [-0.39, 0.29) is 35.6 Å². The Labute approximate surface area is 121 Å². The van der Waals surface area contributed by atoms with E-state index in [4.69, 9.17) is 10.8 Å². The standard InChI is InChI=1S/C11H12N2O2.La/c12-9(11(14)15)5-7-6-13-10-4-2-1-3-8(7)10;/h1-4,6,9,13H,5,12H2,(H,14,15);/t9-;/m0./s1. The van der Waals surface area contributed by atoms with Crippen LogP contribution in [0.2, 0.25) is 0 Å². The predicted molar refractivity (Wildman–Crippen MR) is 57.6 cm³/mol. The Balaban J connectivity index is 0.00000128. The number of aromatic amines is 1. The van der Waals surface area contributed by atoms with Gasteiger partial charge in [-0.1, -0.05) is 18.2 Å². The van der Waals surface area contributed by atoms with Crippen LogP contribution in [0.15, 0.2) is 30.5 Å². The molecular formula is C11H12LaN2O2. The van der Waals surface area contributed by atoms with Gasteiger partial charge in [-0.3, -0.25) is 4.79 Å². The van der Waals surface area contributed by atoms with Gasteiger partial charge in [-0.05, 0) is 11.6 Å². The Morgan fingerprint density at radius 1 is 1.44 bits per heavy atom. The molecule has 2 rings (SSSR count). The molecule has 1 aromatic carbocycles. The van der Waals surface area contributed by atoms with Gasteiger partial charge in [0.1, 0.15) is 6.04 Å². The summed E-state index contributed by atoms with van der Waals surface area (Å²) < 4.78 is 0. The summed E-state index contributed by atoms with van der Waals surface area (Å²) in [5.41, 5.74) is 7.43. The van der Waals surface area contributed by atoms with Crippen LogP contribution in [0, 0.1) is 35.6 Å². The molecular weight excluding hydrogens is 331 g/mol. The molecule has 0 aliphatic rings. The molecule has 2 aromatic rings. The van der Waals surface area contributed by atoms with Crippen molar-refractivity contribution >= 4 is 16.9 Å². The number of benzene rings is 1. The number of carboxylic acid groups (broad SMARTS) is 1. The summed E-state index contributed by atoms with van der Waals surface area (Å²) in [5, 5.41) is 9.75. The molecule has 0 spiro atoms. The normalized spacial score (nSPS) is 12.1. The molecule has 16 heavy (non-hydrogen) atoms. The van der Waals surface area contributed by atoms with E-state index in [0.717, 1.165) is 16.5 Å². The summed E-state index contributed by atoms with van der Waals surface area (Å²) in [6.07, 6.45) is 2.16. The van der Waals surface area contributed by atoms with Crippen molar-refractivity contribution in [3.63, 3.8) is 0 Å². The van der Waals surface area contributed by atoms with Gasteiger partial charge < -0.3 is 15.8 Å². The third kappa shape index (κ3) is 2.74. The number of carboxylic acids is 1. The molecule has 0 saturated carbocycles. The fraction of sp³-hybridized carbons (Fsp3) is 0.182. The number of aliphatic carboxylic acids is 1. The van der Waals surface area contributed by atoms with Gasteiger partial charge in [0.05, 0.1) is 0 Å². The molecule has 1 heterocycles. The summed E-state index contributed by atoms with van der Waals surface area (Å²) >= 11 is 0. The predicted octanol–water partition coefficient (Wildman–Crippen LogP) is 1.12. The zero-order valence-electron chi connectivity index (χ0n) is 8.68. The fourth-order valence-corrected chi connectivity index (χ4v) is 1.62. The summed E-state index contributed by atoms with van der Waals surface area (Å²) in [7, 11) is 0. The minimum Gasteiger partial charge on any atom is -0.480 e. The summed E-state index contributed by atoms with van der Waals surface area (Å²) in [6, 6.07) is 6.91. The third-order valence-electron chi connectivity index (χ3n) is 2.43. The van der Waals surface area contributed by atoms with Crippen LogP contribution in [0.4, 0.5) is 0 Å². The zero-order chi connectivity index (χ0) is 10.8. The number of aromatic nitrogens is 1. The molecule has 4 nitrogen and oxygen atoms in total. The Hall–Kier alpha value is -0.615. The Bertz CT molecular complexity index is 495. The van der Waals surface area contributed by atoms with Crippen molar-refractivity contribution in [2.45, 2.75) is 12.5 Å². The van der Waals surface area contributed by atoms with Gasteiger partial charge >= 0.3 is 5.97 Å². The van der Waals surface area contributed by atoms with E-state index in [1.165, 1.54) is 0 Å². The van der Waals surface area contributed by atoms with Crippen LogP contribution in [0.1, 0.15) is 5.56 Å². The van der Waals surface area contributed by atoms with Crippen LogP contribution in [0.3, 0.4) is 0 Å². The maximum atomic E-state index is 10.6. The number of fused-ring (bicyclic) bond motifs is 1. The first kappa shape index (κ1) is 13.4. The molecule has 0 unspecified atom stereocenters. The SMILES string of the molecule is N[C@@H](Cc1c[nH]c2ccccc12)C(=O)O.[La]. The first-order valence-corrected chi connectivity index (χ1v) is 4.72. The van der Waals surface area contributed by atoms with Crippen LogP contribution in [-0.4, -0.2) is 22.1 Å². The molecule has 0 saturated heterocycles. The Morgan fingerprint density at radius 2 is 2.12 bits per heavy atom. The van der Waals surface area contributed by atoms with E-state index in [0.29, 0.717) is 6.42 Å². The Morgan fingerprint density at radius 3 is 2.81 bits per heavy atom. The Kier molecular flexibility index (Phi) is 4.74. The molecule has 0 aliphatic carbocycles. The van der Waals surface area contributed by atoms with Crippen molar-refractivity contribution in [1.82, 2.24) is 4.98 Å². The minimum atomic E-state index is -0.972. The van der Waals surface area contributed by atoms with E-state index in [1.54, 1.807) is 0 Å². The number of para-hydroxylation sites is 1. The number of hydrogen-bond acceptors (Lipinski definition) is 2. The van der Waals surface area contributed by atoms with Crippen molar-refractivity contribution < 1.29 is 45.5 Å². The molecule has 0 aliphatic heterocycles. The van der Waals surface area contributed by atoms with Gasteiger partial charge in [-0.25, -0.2) is 0 Å². The molecule has 0 amide bonds. The summed E-state index contributed by atoms with van der Waals surface area (Å²) in [5.74, 6) is -0.972. The molecule has 5 heteroatoms. The number of H-pyrrole nitrogens is 1. The molecule has 0 fully saturated rings. The average Bonchev–Trinajstić information content (AvgIpc) is 2.62. The molecule has 1 radical (unpaired) electrons.